The second kappa shape index (κ2) is 8.59. The minimum absolute atomic E-state index is 0.200. The van der Waals surface area contributed by atoms with Crippen molar-refractivity contribution in [3.05, 3.63) is 76.0 Å². The van der Waals surface area contributed by atoms with Crippen LogP contribution in [0.4, 0.5) is 0 Å². The zero-order valence-corrected chi connectivity index (χ0v) is 17.8. The standard InChI is InChI=1S/C23H22N2O4S/c1-27-19-12-11-16(21(28-2)22(19)29-3)23(26)25-18(15-8-5-4-6-9-15)14-17(24-25)20-10-7-13-30-20/h4-13,18H,14H2,1-3H3/t18-/m1/s1. The van der Waals surface area contributed by atoms with Crippen LogP contribution in [0.3, 0.4) is 0 Å². The second-order valence-corrected chi connectivity index (χ2v) is 7.63. The molecule has 1 amide bonds. The van der Waals surface area contributed by atoms with Crippen LogP contribution in [0.15, 0.2) is 65.1 Å². The van der Waals surface area contributed by atoms with Gasteiger partial charge in [-0.1, -0.05) is 36.4 Å². The molecule has 154 valence electrons. The Morgan fingerprint density at radius 2 is 1.73 bits per heavy atom. The Kier molecular flexibility index (Phi) is 5.72. The first-order chi connectivity index (χ1) is 14.7. The van der Waals surface area contributed by atoms with Crippen molar-refractivity contribution in [1.29, 1.82) is 0 Å². The van der Waals surface area contributed by atoms with E-state index in [1.54, 1.807) is 35.6 Å². The normalized spacial score (nSPS) is 15.6. The molecule has 0 saturated carbocycles. The van der Waals surface area contributed by atoms with Gasteiger partial charge in [0.15, 0.2) is 11.5 Å². The van der Waals surface area contributed by atoms with Crippen LogP contribution in [0.25, 0.3) is 0 Å². The average Bonchev–Trinajstić information content (AvgIpc) is 3.48. The molecule has 0 unspecified atom stereocenters. The number of benzene rings is 2. The van der Waals surface area contributed by atoms with E-state index in [4.69, 9.17) is 19.3 Å². The maximum absolute atomic E-state index is 13.6. The quantitative estimate of drug-likeness (QED) is 0.574. The smallest absolute Gasteiger partial charge is 0.278 e. The van der Waals surface area contributed by atoms with E-state index in [-0.39, 0.29) is 11.9 Å². The Morgan fingerprint density at radius 3 is 2.37 bits per heavy atom. The van der Waals surface area contributed by atoms with Crippen LogP contribution in [0.1, 0.15) is 33.3 Å². The zero-order valence-electron chi connectivity index (χ0n) is 17.0. The third-order valence-corrected chi connectivity index (χ3v) is 5.96. The number of hydrazone groups is 1. The minimum Gasteiger partial charge on any atom is -0.493 e. The number of hydrogen-bond acceptors (Lipinski definition) is 6. The van der Waals surface area contributed by atoms with Crippen LogP contribution in [-0.4, -0.2) is 38.0 Å². The van der Waals surface area contributed by atoms with E-state index in [1.807, 2.05) is 47.8 Å². The third-order valence-electron chi connectivity index (χ3n) is 5.04. The second-order valence-electron chi connectivity index (χ2n) is 6.69. The lowest BCUT2D eigenvalue weighted by molar-refractivity contribution is 0.0707. The molecule has 1 aliphatic rings. The van der Waals surface area contributed by atoms with Crippen molar-refractivity contribution in [2.45, 2.75) is 12.5 Å². The van der Waals surface area contributed by atoms with E-state index < -0.39 is 0 Å². The number of thiophene rings is 1. The highest BCUT2D eigenvalue weighted by Crippen LogP contribution is 2.42. The lowest BCUT2D eigenvalue weighted by Crippen LogP contribution is -2.27. The van der Waals surface area contributed by atoms with Crippen molar-refractivity contribution >= 4 is 23.0 Å². The Labute approximate surface area is 179 Å². The van der Waals surface area contributed by atoms with Gasteiger partial charge in [0, 0.05) is 6.42 Å². The molecule has 0 radical (unpaired) electrons. The number of carbonyl (C=O) groups excluding carboxylic acids is 1. The summed E-state index contributed by atoms with van der Waals surface area (Å²) in [5, 5.41) is 8.28. The lowest BCUT2D eigenvalue weighted by Gasteiger charge is -2.23. The van der Waals surface area contributed by atoms with E-state index >= 15 is 0 Å². The van der Waals surface area contributed by atoms with Gasteiger partial charge in [0.25, 0.3) is 5.91 Å². The van der Waals surface area contributed by atoms with E-state index in [0.717, 1.165) is 16.2 Å². The number of ether oxygens (including phenoxy) is 3. The molecular formula is C23H22N2O4S. The number of hydrogen-bond donors (Lipinski definition) is 0. The van der Waals surface area contributed by atoms with Gasteiger partial charge in [-0.05, 0) is 29.1 Å². The molecule has 3 aromatic rings. The lowest BCUT2D eigenvalue weighted by atomic mass is 10.0. The molecule has 1 aliphatic heterocycles. The monoisotopic (exact) mass is 422 g/mol. The Hall–Kier alpha value is -3.32. The molecule has 30 heavy (non-hydrogen) atoms. The van der Waals surface area contributed by atoms with Crippen molar-refractivity contribution in [3.8, 4) is 17.2 Å². The SMILES string of the molecule is COc1ccc(C(=O)N2N=C(c3cccs3)C[C@@H]2c2ccccc2)c(OC)c1OC. The van der Waals surface area contributed by atoms with Crippen LogP contribution in [0, 0.1) is 0 Å². The highest BCUT2D eigenvalue weighted by Gasteiger charge is 2.36. The Bertz CT molecular complexity index is 1060. The molecule has 2 aromatic carbocycles. The third kappa shape index (κ3) is 3.52. The van der Waals surface area contributed by atoms with Gasteiger partial charge in [-0.3, -0.25) is 4.79 Å². The maximum atomic E-state index is 13.6. The van der Waals surface area contributed by atoms with Crippen LogP contribution in [0.2, 0.25) is 0 Å². The van der Waals surface area contributed by atoms with Gasteiger partial charge in [-0.15, -0.1) is 11.3 Å². The fourth-order valence-corrected chi connectivity index (χ4v) is 4.34. The predicted molar refractivity (Wildman–Crippen MR) is 117 cm³/mol. The summed E-state index contributed by atoms with van der Waals surface area (Å²) in [6.07, 6.45) is 0.645. The van der Waals surface area contributed by atoms with Gasteiger partial charge in [0.2, 0.25) is 5.75 Å². The molecule has 0 aliphatic carbocycles. The van der Waals surface area contributed by atoms with Crippen LogP contribution >= 0.6 is 11.3 Å². The number of methoxy groups -OCH3 is 3. The minimum atomic E-state index is -0.256. The molecule has 0 saturated heterocycles. The average molecular weight is 423 g/mol. The zero-order chi connectivity index (χ0) is 21.1. The summed E-state index contributed by atoms with van der Waals surface area (Å²) in [6, 6.07) is 17.1. The van der Waals surface area contributed by atoms with Crippen LogP contribution in [-0.2, 0) is 0 Å². The fraction of sp³-hybridized carbons (Fsp3) is 0.217. The maximum Gasteiger partial charge on any atom is 0.278 e. The largest absolute Gasteiger partial charge is 0.493 e. The van der Waals surface area contributed by atoms with Crippen molar-refractivity contribution in [2.75, 3.05) is 21.3 Å². The summed E-state index contributed by atoms with van der Waals surface area (Å²) in [7, 11) is 4.57. The van der Waals surface area contributed by atoms with Crippen molar-refractivity contribution in [1.82, 2.24) is 5.01 Å². The summed E-state index contributed by atoms with van der Waals surface area (Å²) < 4.78 is 16.3. The van der Waals surface area contributed by atoms with E-state index in [2.05, 4.69) is 0 Å². The molecule has 7 heteroatoms. The molecule has 0 fully saturated rings. The molecule has 6 nitrogen and oxygen atoms in total. The van der Waals surface area contributed by atoms with Gasteiger partial charge >= 0.3 is 0 Å². The van der Waals surface area contributed by atoms with Crippen LogP contribution in [0.5, 0.6) is 17.2 Å². The van der Waals surface area contributed by atoms with Crippen LogP contribution < -0.4 is 14.2 Å². The fourth-order valence-electron chi connectivity index (χ4n) is 3.62. The number of nitrogens with zero attached hydrogens (tertiary/aromatic N) is 2. The molecule has 1 atom stereocenters. The summed E-state index contributed by atoms with van der Waals surface area (Å²) in [5.74, 6) is 0.945. The van der Waals surface area contributed by atoms with Gasteiger partial charge in [-0.2, -0.15) is 5.10 Å². The molecule has 0 N–H and O–H groups in total. The molecule has 1 aromatic heterocycles. The van der Waals surface area contributed by atoms with E-state index in [0.29, 0.717) is 29.2 Å². The first-order valence-corrected chi connectivity index (χ1v) is 10.3. The molecular weight excluding hydrogens is 400 g/mol. The van der Waals surface area contributed by atoms with Crippen molar-refractivity contribution < 1.29 is 19.0 Å². The summed E-state index contributed by atoms with van der Waals surface area (Å²) in [5.41, 5.74) is 2.29. The van der Waals surface area contributed by atoms with Crippen molar-refractivity contribution in [3.63, 3.8) is 0 Å². The molecule has 0 spiro atoms. The Balaban J connectivity index is 1.78. The van der Waals surface area contributed by atoms with Gasteiger partial charge < -0.3 is 14.2 Å². The first kappa shape index (κ1) is 20.0. The Morgan fingerprint density at radius 1 is 0.967 bits per heavy atom. The molecule has 0 bridgehead atoms. The topological polar surface area (TPSA) is 60.4 Å². The molecule has 2 heterocycles. The predicted octanol–water partition coefficient (Wildman–Crippen LogP) is 4.77. The number of amides is 1. The van der Waals surface area contributed by atoms with Gasteiger partial charge in [0.1, 0.15) is 0 Å². The summed E-state index contributed by atoms with van der Waals surface area (Å²) >= 11 is 1.62. The molecule has 4 rings (SSSR count). The van der Waals surface area contributed by atoms with Crippen molar-refractivity contribution in [2.24, 2.45) is 5.10 Å². The van der Waals surface area contributed by atoms with Gasteiger partial charge in [-0.25, -0.2) is 5.01 Å². The van der Waals surface area contributed by atoms with Gasteiger partial charge in [0.05, 0.1) is 43.5 Å². The number of carbonyl (C=O) groups is 1. The number of rotatable bonds is 6. The highest BCUT2D eigenvalue weighted by atomic mass is 32.1. The highest BCUT2D eigenvalue weighted by molar-refractivity contribution is 7.12. The summed E-state index contributed by atoms with van der Waals surface area (Å²) in [4.78, 5) is 14.7. The van der Waals surface area contributed by atoms with E-state index in [1.165, 1.54) is 14.2 Å². The van der Waals surface area contributed by atoms with E-state index in [9.17, 15) is 4.79 Å². The first-order valence-electron chi connectivity index (χ1n) is 9.46. The summed E-state index contributed by atoms with van der Waals surface area (Å²) in [6.45, 7) is 0.